The van der Waals surface area contributed by atoms with E-state index in [1.807, 2.05) is 0 Å². The maximum atomic E-state index is 13.7. The lowest BCUT2D eigenvalue weighted by Gasteiger charge is -2.20. The fourth-order valence-electron chi connectivity index (χ4n) is 2.65. The van der Waals surface area contributed by atoms with Gasteiger partial charge in [-0.1, -0.05) is 16.8 Å². The number of ether oxygens (including phenoxy) is 1. The van der Waals surface area contributed by atoms with Gasteiger partial charge in [0, 0.05) is 23.4 Å². The molecule has 0 unspecified atom stereocenters. The number of carbonyl (C=O) groups excluding carboxylic acids is 2. The number of amides is 2. The molecule has 1 aromatic heterocycles. The van der Waals surface area contributed by atoms with Crippen molar-refractivity contribution in [3.63, 3.8) is 0 Å². The van der Waals surface area contributed by atoms with Crippen molar-refractivity contribution in [3.8, 4) is 11.4 Å². The Kier molecular flexibility index (Phi) is 7.09. The molecule has 0 aliphatic carbocycles. The molecule has 0 bridgehead atoms. The van der Waals surface area contributed by atoms with E-state index in [2.05, 4.69) is 20.8 Å². The van der Waals surface area contributed by atoms with Crippen molar-refractivity contribution in [3.05, 3.63) is 59.2 Å². The van der Waals surface area contributed by atoms with Gasteiger partial charge in [-0.3, -0.25) is 10.1 Å². The van der Waals surface area contributed by atoms with E-state index in [1.165, 1.54) is 12.1 Å². The van der Waals surface area contributed by atoms with Crippen LogP contribution in [0.2, 0.25) is 5.02 Å². The summed E-state index contributed by atoms with van der Waals surface area (Å²) in [5.41, 5.74) is 0.333. The van der Waals surface area contributed by atoms with Crippen molar-refractivity contribution in [1.29, 1.82) is 0 Å². The molecule has 2 amide bonds. The second-order valence-corrected chi connectivity index (χ2v) is 8.32. The molecule has 0 fully saturated rings. The van der Waals surface area contributed by atoms with E-state index >= 15 is 0 Å². The van der Waals surface area contributed by atoms with E-state index in [0.29, 0.717) is 10.8 Å². The molecule has 0 saturated heterocycles. The number of anilines is 2. The quantitative estimate of drug-likeness (QED) is 0.506. The maximum absolute atomic E-state index is 13.7. The van der Waals surface area contributed by atoms with Gasteiger partial charge in [0.15, 0.2) is 0 Å². The van der Waals surface area contributed by atoms with E-state index in [4.69, 9.17) is 20.9 Å². The second-order valence-electron chi connectivity index (χ2n) is 7.88. The molecule has 0 aliphatic rings. The molecule has 32 heavy (non-hydrogen) atoms. The fraction of sp³-hybridized carbons (Fsp3) is 0.273. The topological polar surface area (TPSA) is 106 Å². The number of hydrogen-bond donors (Lipinski definition) is 2. The van der Waals surface area contributed by atoms with Crippen molar-refractivity contribution in [2.75, 3.05) is 10.6 Å². The van der Waals surface area contributed by atoms with E-state index in [0.717, 1.165) is 11.6 Å². The summed E-state index contributed by atoms with van der Waals surface area (Å²) >= 11 is 5.87. The zero-order valence-corrected chi connectivity index (χ0v) is 18.5. The number of rotatable bonds is 6. The van der Waals surface area contributed by atoms with Crippen LogP contribution in [0, 0.1) is 5.82 Å². The summed E-state index contributed by atoms with van der Waals surface area (Å²) in [5.74, 6) is -0.337. The molecule has 3 aromatic rings. The summed E-state index contributed by atoms with van der Waals surface area (Å²) in [5, 5.41) is 9.57. The van der Waals surface area contributed by atoms with Gasteiger partial charge in [-0.15, -0.1) is 0 Å². The van der Waals surface area contributed by atoms with Gasteiger partial charge >= 0.3 is 6.09 Å². The highest BCUT2D eigenvalue weighted by Crippen LogP contribution is 2.24. The highest BCUT2D eigenvalue weighted by molar-refractivity contribution is 6.30. The first-order chi connectivity index (χ1) is 15.1. The number of benzene rings is 2. The van der Waals surface area contributed by atoms with Gasteiger partial charge in [0.05, 0.1) is 11.4 Å². The van der Waals surface area contributed by atoms with E-state index in [1.54, 1.807) is 45.0 Å². The Balaban J connectivity index is 1.61. The minimum atomic E-state index is -0.722. The van der Waals surface area contributed by atoms with Crippen LogP contribution in [0.25, 0.3) is 11.4 Å². The number of nitrogens with one attached hydrogen (secondary N) is 2. The molecule has 10 heteroatoms. The number of aromatic nitrogens is 2. The van der Waals surface area contributed by atoms with Crippen LogP contribution in [0.5, 0.6) is 0 Å². The first kappa shape index (κ1) is 23.2. The number of halogens is 2. The van der Waals surface area contributed by atoms with Crippen LogP contribution < -0.4 is 10.6 Å². The van der Waals surface area contributed by atoms with Crippen molar-refractivity contribution in [2.24, 2.45) is 0 Å². The maximum Gasteiger partial charge on any atom is 0.412 e. The monoisotopic (exact) mass is 460 g/mol. The molecule has 0 atom stereocenters. The molecule has 2 N–H and O–H groups in total. The Morgan fingerprint density at radius 1 is 1.09 bits per heavy atom. The van der Waals surface area contributed by atoms with Crippen LogP contribution in [0.3, 0.4) is 0 Å². The van der Waals surface area contributed by atoms with Gasteiger partial charge in [-0.25, -0.2) is 9.18 Å². The van der Waals surface area contributed by atoms with Crippen LogP contribution in [0.15, 0.2) is 47.0 Å². The molecule has 0 spiro atoms. The smallest absolute Gasteiger partial charge is 0.412 e. The average molecular weight is 461 g/mol. The van der Waals surface area contributed by atoms with Gasteiger partial charge in [0.1, 0.15) is 11.4 Å². The fourth-order valence-corrected chi connectivity index (χ4v) is 2.77. The molecule has 1 heterocycles. The van der Waals surface area contributed by atoms with Gasteiger partial charge in [0.2, 0.25) is 17.6 Å². The van der Waals surface area contributed by atoms with E-state index < -0.39 is 23.4 Å². The van der Waals surface area contributed by atoms with Crippen LogP contribution in [0.1, 0.15) is 33.1 Å². The van der Waals surface area contributed by atoms with Gasteiger partial charge in [-0.2, -0.15) is 4.98 Å². The van der Waals surface area contributed by atoms with Crippen LogP contribution >= 0.6 is 11.6 Å². The zero-order chi connectivity index (χ0) is 23.3. The van der Waals surface area contributed by atoms with Gasteiger partial charge in [-0.05, 0) is 63.2 Å². The molecular formula is C22H22ClFN4O4. The van der Waals surface area contributed by atoms with Crippen LogP contribution in [-0.2, 0) is 16.0 Å². The predicted molar refractivity (Wildman–Crippen MR) is 118 cm³/mol. The molecular weight excluding hydrogens is 439 g/mol. The first-order valence-electron chi connectivity index (χ1n) is 9.77. The lowest BCUT2D eigenvalue weighted by atomic mass is 10.2. The highest BCUT2D eigenvalue weighted by atomic mass is 35.5. The summed E-state index contributed by atoms with van der Waals surface area (Å²) in [6.07, 6.45) is -0.540. The normalized spacial score (nSPS) is 11.2. The Morgan fingerprint density at radius 2 is 1.81 bits per heavy atom. The lowest BCUT2D eigenvalue weighted by molar-refractivity contribution is -0.116. The molecule has 2 aromatic carbocycles. The lowest BCUT2D eigenvalue weighted by Crippen LogP contribution is -2.27. The summed E-state index contributed by atoms with van der Waals surface area (Å²) in [7, 11) is 0. The molecule has 0 saturated carbocycles. The predicted octanol–water partition coefficient (Wildman–Crippen LogP) is 5.45. The third kappa shape index (κ3) is 6.78. The van der Waals surface area contributed by atoms with E-state index in [9.17, 15) is 14.0 Å². The standard InChI is InChI=1S/C22H22ClFN4O4/c1-22(2,3)31-21(30)26-16-9-8-15(24)12-17(16)25-18(29)10-11-19-27-20(28-32-19)13-4-6-14(23)7-5-13/h4-9,12H,10-11H2,1-3H3,(H,25,29)(H,26,30). The Hall–Kier alpha value is -3.46. The largest absolute Gasteiger partial charge is 0.444 e. The van der Waals surface area contributed by atoms with E-state index in [-0.39, 0.29) is 30.1 Å². The third-order valence-corrected chi connectivity index (χ3v) is 4.28. The van der Waals surface area contributed by atoms with Crippen molar-refractivity contribution in [1.82, 2.24) is 10.1 Å². The SMILES string of the molecule is CC(C)(C)OC(=O)Nc1ccc(F)cc1NC(=O)CCc1nc(-c2ccc(Cl)cc2)no1. The number of aryl methyl sites for hydroxylation is 1. The molecule has 3 rings (SSSR count). The Labute approximate surface area is 189 Å². The molecule has 168 valence electrons. The number of carbonyl (C=O) groups is 2. The zero-order valence-electron chi connectivity index (χ0n) is 17.7. The summed E-state index contributed by atoms with van der Waals surface area (Å²) in [6, 6.07) is 10.5. The Morgan fingerprint density at radius 3 is 2.50 bits per heavy atom. The Bertz CT molecular complexity index is 1110. The summed E-state index contributed by atoms with van der Waals surface area (Å²) in [6.45, 7) is 5.15. The summed E-state index contributed by atoms with van der Waals surface area (Å²) < 4.78 is 24.1. The molecule has 0 aliphatic heterocycles. The third-order valence-electron chi connectivity index (χ3n) is 4.03. The van der Waals surface area contributed by atoms with Crippen molar-refractivity contribution >= 4 is 35.0 Å². The molecule has 0 radical (unpaired) electrons. The minimum Gasteiger partial charge on any atom is -0.444 e. The van der Waals surface area contributed by atoms with Crippen LogP contribution in [0.4, 0.5) is 20.6 Å². The van der Waals surface area contributed by atoms with Crippen LogP contribution in [-0.4, -0.2) is 27.7 Å². The average Bonchev–Trinajstić information content (AvgIpc) is 3.17. The van der Waals surface area contributed by atoms with Crippen molar-refractivity contribution < 1.29 is 23.2 Å². The number of hydrogen-bond acceptors (Lipinski definition) is 6. The van der Waals surface area contributed by atoms with Crippen molar-refractivity contribution in [2.45, 2.75) is 39.2 Å². The molecule has 8 nitrogen and oxygen atoms in total. The van der Waals surface area contributed by atoms with Gasteiger partial charge < -0.3 is 14.6 Å². The minimum absolute atomic E-state index is 0.00461. The van der Waals surface area contributed by atoms with Gasteiger partial charge in [0.25, 0.3) is 0 Å². The first-order valence-corrected chi connectivity index (χ1v) is 10.1. The number of nitrogens with zero attached hydrogens (tertiary/aromatic N) is 2. The second kappa shape index (κ2) is 9.78. The summed E-state index contributed by atoms with van der Waals surface area (Å²) in [4.78, 5) is 28.7. The highest BCUT2D eigenvalue weighted by Gasteiger charge is 2.18.